The van der Waals surface area contributed by atoms with E-state index in [9.17, 15) is 9.59 Å². The molecule has 102 valence electrons. The summed E-state index contributed by atoms with van der Waals surface area (Å²) < 4.78 is 0. The van der Waals surface area contributed by atoms with E-state index in [0.29, 0.717) is 18.8 Å². The number of para-hydroxylation sites is 1. The summed E-state index contributed by atoms with van der Waals surface area (Å²) in [4.78, 5) is 27.7. The van der Waals surface area contributed by atoms with Crippen LogP contribution in [0, 0.1) is 0 Å². The number of piperazine rings is 1. The van der Waals surface area contributed by atoms with Gasteiger partial charge in [-0.15, -0.1) is 0 Å². The zero-order valence-electron chi connectivity index (χ0n) is 11.1. The maximum absolute atomic E-state index is 12.0. The lowest BCUT2D eigenvalue weighted by molar-refractivity contribution is -0.144. The molecule has 0 unspecified atom stereocenters. The van der Waals surface area contributed by atoms with Crippen molar-refractivity contribution in [1.29, 1.82) is 0 Å². The molecule has 1 aromatic carbocycles. The molecular formula is C14H19N3O2. The molecule has 1 aromatic rings. The Kier molecular flexibility index (Phi) is 4.52. The number of likely N-dealkylation sites (N-methyl/N-ethyl adjacent to an activating group) is 1. The van der Waals surface area contributed by atoms with Gasteiger partial charge in [0.25, 0.3) is 0 Å². The molecular weight excluding hydrogens is 242 g/mol. The number of anilines is 1. The number of hydrogen-bond donors (Lipinski definition) is 1. The zero-order valence-corrected chi connectivity index (χ0v) is 11.1. The molecule has 0 saturated carbocycles. The number of carbonyl (C=O) groups is 2. The molecule has 1 aliphatic heterocycles. The molecule has 5 heteroatoms. The van der Waals surface area contributed by atoms with Crippen LogP contribution in [-0.2, 0) is 9.59 Å². The normalized spacial score (nSPS) is 16.2. The molecule has 1 fully saturated rings. The van der Waals surface area contributed by atoms with E-state index in [4.69, 9.17) is 0 Å². The van der Waals surface area contributed by atoms with Gasteiger partial charge in [0.2, 0.25) is 0 Å². The van der Waals surface area contributed by atoms with Crippen molar-refractivity contribution in [2.45, 2.75) is 6.92 Å². The van der Waals surface area contributed by atoms with Gasteiger partial charge in [-0.2, -0.15) is 0 Å². The topological polar surface area (TPSA) is 52.7 Å². The largest absolute Gasteiger partial charge is 0.332 e. The highest BCUT2D eigenvalue weighted by molar-refractivity contribution is 6.39. The number of rotatable bonds is 2. The van der Waals surface area contributed by atoms with Crippen molar-refractivity contribution < 1.29 is 9.59 Å². The first-order valence-electron chi connectivity index (χ1n) is 6.58. The minimum atomic E-state index is -0.559. The van der Waals surface area contributed by atoms with Crippen LogP contribution < -0.4 is 5.32 Å². The second-order valence-electron chi connectivity index (χ2n) is 4.55. The van der Waals surface area contributed by atoms with Crippen molar-refractivity contribution in [2.75, 3.05) is 38.0 Å². The fourth-order valence-electron chi connectivity index (χ4n) is 2.12. The Morgan fingerprint density at radius 3 is 2.32 bits per heavy atom. The first kappa shape index (κ1) is 13.5. The van der Waals surface area contributed by atoms with E-state index in [0.717, 1.165) is 19.6 Å². The summed E-state index contributed by atoms with van der Waals surface area (Å²) in [6, 6.07) is 9.03. The van der Waals surface area contributed by atoms with E-state index >= 15 is 0 Å². The van der Waals surface area contributed by atoms with Crippen molar-refractivity contribution in [2.24, 2.45) is 0 Å². The van der Waals surface area contributed by atoms with Gasteiger partial charge in [-0.25, -0.2) is 0 Å². The number of nitrogens with one attached hydrogen (secondary N) is 1. The summed E-state index contributed by atoms with van der Waals surface area (Å²) in [6.07, 6.45) is 0. The number of benzene rings is 1. The van der Waals surface area contributed by atoms with Crippen LogP contribution in [0.2, 0.25) is 0 Å². The lowest BCUT2D eigenvalue weighted by Gasteiger charge is -2.33. The standard InChI is InChI=1S/C14H19N3O2/c1-2-16-8-10-17(11-9-16)14(19)13(18)15-12-6-4-3-5-7-12/h3-7H,2,8-11H2,1H3,(H,15,18). The second-order valence-corrected chi connectivity index (χ2v) is 4.55. The number of carbonyl (C=O) groups excluding carboxylic acids is 2. The Morgan fingerprint density at radius 1 is 1.11 bits per heavy atom. The van der Waals surface area contributed by atoms with Crippen molar-refractivity contribution in [3.05, 3.63) is 30.3 Å². The molecule has 2 amide bonds. The molecule has 1 N–H and O–H groups in total. The van der Waals surface area contributed by atoms with E-state index in [1.807, 2.05) is 18.2 Å². The number of amides is 2. The van der Waals surface area contributed by atoms with E-state index in [1.165, 1.54) is 0 Å². The highest BCUT2D eigenvalue weighted by atomic mass is 16.2. The van der Waals surface area contributed by atoms with Crippen molar-refractivity contribution in [3.63, 3.8) is 0 Å². The van der Waals surface area contributed by atoms with Crippen molar-refractivity contribution in [1.82, 2.24) is 9.80 Å². The molecule has 5 nitrogen and oxygen atoms in total. The summed E-state index contributed by atoms with van der Waals surface area (Å²) >= 11 is 0. The van der Waals surface area contributed by atoms with Crippen LogP contribution in [-0.4, -0.2) is 54.3 Å². The maximum atomic E-state index is 12.0. The van der Waals surface area contributed by atoms with Crippen molar-refractivity contribution in [3.8, 4) is 0 Å². The first-order chi connectivity index (χ1) is 9.20. The minimum Gasteiger partial charge on any atom is -0.332 e. The molecule has 0 bridgehead atoms. The molecule has 0 radical (unpaired) electrons. The second kappa shape index (κ2) is 6.33. The van der Waals surface area contributed by atoms with Gasteiger partial charge in [0.1, 0.15) is 0 Å². The summed E-state index contributed by atoms with van der Waals surface area (Å²) in [5, 5.41) is 2.62. The molecule has 2 rings (SSSR count). The van der Waals surface area contributed by atoms with E-state index in [2.05, 4.69) is 17.1 Å². The Hall–Kier alpha value is -1.88. The van der Waals surface area contributed by atoms with Gasteiger partial charge in [0, 0.05) is 31.9 Å². The van der Waals surface area contributed by atoms with Gasteiger partial charge in [0.05, 0.1) is 0 Å². The smallest absolute Gasteiger partial charge is 0.313 e. The van der Waals surface area contributed by atoms with Crippen LogP contribution in [0.25, 0.3) is 0 Å². The Bertz CT molecular complexity index is 439. The molecule has 1 aliphatic rings. The number of hydrogen-bond acceptors (Lipinski definition) is 3. The van der Waals surface area contributed by atoms with E-state index in [1.54, 1.807) is 17.0 Å². The molecule has 1 saturated heterocycles. The third-order valence-electron chi connectivity index (χ3n) is 3.33. The SMILES string of the molecule is CCN1CCN(C(=O)C(=O)Nc2ccccc2)CC1. The minimum absolute atomic E-state index is 0.445. The first-order valence-corrected chi connectivity index (χ1v) is 6.58. The lowest BCUT2D eigenvalue weighted by atomic mass is 10.3. The Balaban J connectivity index is 1.88. The van der Waals surface area contributed by atoms with E-state index in [-0.39, 0.29) is 0 Å². The Morgan fingerprint density at radius 2 is 1.74 bits per heavy atom. The molecule has 0 atom stereocenters. The van der Waals surface area contributed by atoms with Gasteiger partial charge in [-0.05, 0) is 18.7 Å². The monoisotopic (exact) mass is 261 g/mol. The van der Waals surface area contributed by atoms with Gasteiger partial charge < -0.3 is 15.1 Å². The highest BCUT2D eigenvalue weighted by Gasteiger charge is 2.25. The fourth-order valence-corrected chi connectivity index (χ4v) is 2.12. The maximum Gasteiger partial charge on any atom is 0.313 e. The van der Waals surface area contributed by atoms with Crippen LogP contribution in [0.4, 0.5) is 5.69 Å². The predicted octanol–water partition coefficient (Wildman–Crippen LogP) is 0.789. The van der Waals surface area contributed by atoms with Crippen molar-refractivity contribution >= 4 is 17.5 Å². The summed E-state index contributed by atoms with van der Waals surface area (Å²) in [6.45, 7) is 5.99. The van der Waals surface area contributed by atoms with Gasteiger partial charge in [0.15, 0.2) is 0 Å². The number of nitrogens with zero attached hydrogens (tertiary/aromatic N) is 2. The molecule has 1 heterocycles. The van der Waals surface area contributed by atoms with Crippen LogP contribution in [0.3, 0.4) is 0 Å². The summed E-state index contributed by atoms with van der Waals surface area (Å²) in [7, 11) is 0. The lowest BCUT2D eigenvalue weighted by Crippen LogP contribution is -2.51. The van der Waals surface area contributed by atoms with Crippen LogP contribution in [0.1, 0.15) is 6.92 Å². The molecule has 0 aliphatic carbocycles. The summed E-state index contributed by atoms with van der Waals surface area (Å²) in [5.41, 5.74) is 0.646. The molecule has 0 spiro atoms. The van der Waals surface area contributed by atoms with Gasteiger partial charge >= 0.3 is 11.8 Å². The van der Waals surface area contributed by atoms with Gasteiger partial charge in [-0.3, -0.25) is 9.59 Å². The van der Waals surface area contributed by atoms with Crippen LogP contribution >= 0.6 is 0 Å². The highest BCUT2D eigenvalue weighted by Crippen LogP contribution is 2.07. The van der Waals surface area contributed by atoms with E-state index < -0.39 is 11.8 Å². The third-order valence-corrected chi connectivity index (χ3v) is 3.33. The van der Waals surface area contributed by atoms with Crippen LogP contribution in [0.5, 0.6) is 0 Å². The summed E-state index contributed by atoms with van der Waals surface area (Å²) in [5.74, 6) is -1.00. The van der Waals surface area contributed by atoms with Gasteiger partial charge in [-0.1, -0.05) is 25.1 Å². The quantitative estimate of drug-likeness (QED) is 0.801. The third kappa shape index (κ3) is 3.54. The zero-order chi connectivity index (χ0) is 13.7. The van der Waals surface area contributed by atoms with Crippen LogP contribution in [0.15, 0.2) is 30.3 Å². The predicted molar refractivity (Wildman–Crippen MR) is 73.8 cm³/mol. The average molecular weight is 261 g/mol. The molecule has 0 aromatic heterocycles. The fraction of sp³-hybridized carbons (Fsp3) is 0.429. The Labute approximate surface area is 113 Å². The average Bonchev–Trinajstić information content (AvgIpc) is 2.47. The molecule has 19 heavy (non-hydrogen) atoms.